The van der Waals surface area contributed by atoms with Crippen molar-refractivity contribution in [1.82, 2.24) is 4.90 Å². The monoisotopic (exact) mass is 294 g/mol. The average molecular weight is 294 g/mol. The highest BCUT2D eigenvalue weighted by Gasteiger charge is 2.20. The molecule has 0 saturated carbocycles. The number of carbonyl (C=O) groups excluding carboxylic acids is 1. The van der Waals surface area contributed by atoms with Crippen LogP contribution in [0, 0.1) is 5.82 Å². The van der Waals surface area contributed by atoms with Gasteiger partial charge in [-0.05, 0) is 36.1 Å². The van der Waals surface area contributed by atoms with Crippen molar-refractivity contribution in [3.8, 4) is 0 Å². The normalized spacial score (nSPS) is 15.0. The number of nitrogens with two attached hydrogens (primary N) is 1. The van der Waals surface area contributed by atoms with Gasteiger partial charge in [0.1, 0.15) is 5.82 Å². The summed E-state index contributed by atoms with van der Waals surface area (Å²) in [4.78, 5) is 13.4. The minimum atomic E-state index is -0.586. The molecule has 4 nitrogen and oxygen atoms in total. The molecule has 0 unspecified atom stereocenters. The molecule has 0 fully saturated rings. The molecule has 1 aromatic carbocycles. The van der Waals surface area contributed by atoms with Gasteiger partial charge in [-0.3, -0.25) is 9.69 Å². The Morgan fingerprint density at radius 3 is 2.95 bits per heavy atom. The number of hydrogen-bond acceptors (Lipinski definition) is 3. The van der Waals surface area contributed by atoms with Crippen LogP contribution in [-0.4, -0.2) is 37.1 Å². The minimum Gasteiger partial charge on any atom is -0.380 e. The third-order valence-corrected chi connectivity index (χ3v) is 3.84. The number of hydrogen-bond donors (Lipinski definition) is 1. The molecule has 1 heterocycles. The molecule has 1 aliphatic rings. The smallest absolute Gasteiger partial charge is 0.248 e. The van der Waals surface area contributed by atoms with Crippen LogP contribution in [0.1, 0.15) is 41.3 Å². The number of ether oxygens (including phenoxy) is 1. The maximum atomic E-state index is 14.0. The summed E-state index contributed by atoms with van der Waals surface area (Å²) in [6.07, 6.45) is 2.87. The summed E-state index contributed by atoms with van der Waals surface area (Å²) < 4.78 is 19.5. The second-order valence-electron chi connectivity index (χ2n) is 5.45. The fourth-order valence-electron chi connectivity index (χ4n) is 2.58. The van der Waals surface area contributed by atoms with Gasteiger partial charge in [0.2, 0.25) is 5.91 Å². The van der Waals surface area contributed by atoms with Crippen LogP contribution in [0.4, 0.5) is 4.39 Å². The van der Waals surface area contributed by atoms with Gasteiger partial charge in [-0.25, -0.2) is 4.39 Å². The van der Waals surface area contributed by atoms with E-state index in [0.717, 1.165) is 38.1 Å². The van der Waals surface area contributed by atoms with Crippen LogP contribution < -0.4 is 5.73 Å². The summed E-state index contributed by atoms with van der Waals surface area (Å²) in [5, 5.41) is 0. The Labute approximate surface area is 125 Å². The first-order chi connectivity index (χ1) is 10.1. The number of fused-ring (bicyclic) bond motifs is 1. The molecular formula is C16H23FN2O2. The second kappa shape index (κ2) is 7.52. The predicted octanol–water partition coefficient (Wildman–Crippen LogP) is 2.10. The van der Waals surface area contributed by atoms with E-state index in [-0.39, 0.29) is 11.4 Å². The Balaban J connectivity index is 1.94. The molecule has 116 valence electrons. The van der Waals surface area contributed by atoms with Gasteiger partial charge in [0.25, 0.3) is 0 Å². The van der Waals surface area contributed by atoms with E-state index in [0.29, 0.717) is 25.1 Å². The molecular weight excluding hydrogens is 271 g/mol. The van der Waals surface area contributed by atoms with E-state index in [9.17, 15) is 9.18 Å². The molecule has 2 N–H and O–H groups in total. The molecule has 1 aromatic rings. The lowest BCUT2D eigenvalue weighted by atomic mass is 9.96. The highest BCUT2D eigenvalue weighted by atomic mass is 19.1. The van der Waals surface area contributed by atoms with E-state index in [4.69, 9.17) is 10.5 Å². The summed E-state index contributed by atoms with van der Waals surface area (Å²) in [5.74, 6) is -0.906. The van der Waals surface area contributed by atoms with Crippen LogP contribution in [0.25, 0.3) is 0 Å². The molecule has 21 heavy (non-hydrogen) atoms. The first-order valence-electron chi connectivity index (χ1n) is 7.53. The summed E-state index contributed by atoms with van der Waals surface area (Å²) in [6.45, 7) is 5.90. The van der Waals surface area contributed by atoms with E-state index in [2.05, 4.69) is 11.8 Å². The minimum absolute atomic E-state index is 0.243. The van der Waals surface area contributed by atoms with Gasteiger partial charge in [0.05, 0.1) is 6.61 Å². The number of amides is 1. The summed E-state index contributed by atoms with van der Waals surface area (Å²) in [7, 11) is 0. The van der Waals surface area contributed by atoms with Crippen LogP contribution in [0.3, 0.4) is 0 Å². The van der Waals surface area contributed by atoms with E-state index in [1.54, 1.807) is 6.07 Å². The zero-order valence-corrected chi connectivity index (χ0v) is 12.5. The summed E-state index contributed by atoms with van der Waals surface area (Å²) in [5.41, 5.74) is 7.06. The van der Waals surface area contributed by atoms with E-state index in [1.165, 1.54) is 6.07 Å². The van der Waals surface area contributed by atoms with Crippen LogP contribution in [-0.2, 0) is 17.7 Å². The number of benzene rings is 1. The van der Waals surface area contributed by atoms with Gasteiger partial charge in [0.15, 0.2) is 0 Å². The van der Waals surface area contributed by atoms with Crippen molar-refractivity contribution in [3.63, 3.8) is 0 Å². The third-order valence-electron chi connectivity index (χ3n) is 3.84. The average Bonchev–Trinajstić information content (AvgIpc) is 2.46. The molecule has 1 amide bonds. The fourth-order valence-corrected chi connectivity index (χ4v) is 2.58. The zero-order valence-electron chi connectivity index (χ0n) is 12.5. The highest BCUT2D eigenvalue weighted by Crippen LogP contribution is 2.23. The number of rotatable bonds is 7. The SMILES string of the molecule is CCCCOCCN1CCc2c(F)cc(C(N)=O)cc2C1. The van der Waals surface area contributed by atoms with E-state index in [1.807, 2.05) is 0 Å². The number of halogens is 1. The van der Waals surface area contributed by atoms with Crippen molar-refractivity contribution >= 4 is 5.91 Å². The molecule has 0 radical (unpaired) electrons. The van der Waals surface area contributed by atoms with Crippen LogP contribution in [0.15, 0.2) is 12.1 Å². The molecule has 0 spiro atoms. The van der Waals surface area contributed by atoms with E-state index < -0.39 is 5.91 Å². The molecule has 5 heteroatoms. The summed E-state index contributed by atoms with van der Waals surface area (Å²) >= 11 is 0. The Hall–Kier alpha value is -1.46. The molecule has 1 aliphatic heterocycles. The zero-order chi connectivity index (χ0) is 15.2. The van der Waals surface area contributed by atoms with Crippen molar-refractivity contribution in [2.24, 2.45) is 5.73 Å². The maximum Gasteiger partial charge on any atom is 0.248 e. The molecule has 0 saturated heterocycles. The van der Waals surface area contributed by atoms with Crippen LogP contribution >= 0.6 is 0 Å². The van der Waals surface area contributed by atoms with Crippen molar-refractivity contribution in [2.45, 2.75) is 32.7 Å². The number of nitrogens with zero attached hydrogens (tertiary/aromatic N) is 1. The van der Waals surface area contributed by atoms with Gasteiger partial charge >= 0.3 is 0 Å². The quantitative estimate of drug-likeness (QED) is 0.784. The van der Waals surface area contributed by atoms with E-state index >= 15 is 0 Å². The predicted molar refractivity (Wildman–Crippen MR) is 79.6 cm³/mol. The van der Waals surface area contributed by atoms with Gasteiger partial charge in [-0.15, -0.1) is 0 Å². The molecule has 0 aromatic heterocycles. The molecule has 0 aliphatic carbocycles. The topological polar surface area (TPSA) is 55.6 Å². The fraction of sp³-hybridized carbons (Fsp3) is 0.562. The first kappa shape index (κ1) is 15.9. The lowest BCUT2D eigenvalue weighted by Crippen LogP contribution is -2.34. The Morgan fingerprint density at radius 1 is 1.43 bits per heavy atom. The summed E-state index contributed by atoms with van der Waals surface area (Å²) in [6, 6.07) is 2.95. The van der Waals surface area contributed by atoms with Crippen LogP contribution in [0.5, 0.6) is 0 Å². The van der Waals surface area contributed by atoms with Crippen molar-refractivity contribution < 1.29 is 13.9 Å². The van der Waals surface area contributed by atoms with Crippen molar-refractivity contribution in [1.29, 1.82) is 0 Å². The Kier molecular flexibility index (Phi) is 5.70. The molecule has 0 atom stereocenters. The molecule has 0 bridgehead atoms. The Morgan fingerprint density at radius 2 is 2.24 bits per heavy atom. The van der Waals surface area contributed by atoms with Crippen molar-refractivity contribution in [2.75, 3.05) is 26.3 Å². The number of unbranched alkanes of at least 4 members (excludes halogenated alkanes) is 1. The second-order valence-corrected chi connectivity index (χ2v) is 5.45. The highest BCUT2D eigenvalue weighted by molar-refractivity contribution is 5.93. The lowest BCUT2D eigenvalue weighted by molar-refractivity contribution is 0.0965. The van der Waals surface area contributed by atoms with Gasteiger partial charge in [0, 0.05) is 31.8 Å². The Bertz CT molecular complexity index is 505. The third kappa shape index (κ3) is 4.25. The number of primary amides is 1. The van der Waals surface area contributed by atoms with Crippen molar-refractivity contribution in [3.05, 3.63) is 34.6 Å². The number of carbonyl (C=O) groups is 1. The maximum absolute atomic E-state index is 14.0. The van der Waals surface area contributed by atoms with Crippen LogP contribution in [0.2, 0.25) is 0 Å². The standard InChI is InChI=1S/C16H23FN2O2/c1-2-3-7-21-8-6-19-5-4-14-13(11-19)9-12(16(18)20)10-15(14)17/h9-10H,2-8,11H2,1H3,(H2,18,20). The first-order valence-corrected chi connectivity index (χ1v) is 7.53. The van der Waals surface area contributed by atoms with Gasteiger partial charge in [-0.2, -0.15) is 0 Å². The molecule has 2 rings (SSSR count). The van der Waals surface area contributed by atoms with Gasteiger partial charge in [-0.1, -0.05) is 13.3 Å². The largest absolute Gasteiger partial charge is 0.380 e. The lowest BCUT2D eigenvalue weighted by Gasteiger charge is -2.29. The van der Waals surface area contributed by atoms with Gasteiger partial charge < -0.3 is 10.5 Å².